The van der Waals surface area contributed by atoms with Crippen LogP contribution in [0.15, 0.2) is 55.1 Å². The van der Waals surface area contributed by atoms with Crippen LogP contribution in [0.4, 0.5) is 11.8 Å². The molecule has 0 unspecified atom stereocenters. The van der Waals surface area contributed by atoms with Gasteiger partial charge >= 0.3 is 0 Å². The van der Waals surface area contributed by atoms with Gasteiger partial charge in [0.05, 0.1) is 29.8 Å². The van der Waals surface area contributed by atoms with Gasteiger partial charge in [0.15, 0.2) is 5.82 Å². The third-order valence-electron chi connectivity index (χ3n) is 6.96. The molecule has 0 bridgehead atoms. The largest absolute Gasteiger partial charge is 0.308 e. The summed E-state index contributed by atoms with van der Waals surface area (Å²) >= 11 is 0. The second kappa shape index (κ2) is 9.86. The molecule has 5 aromatic rings. The van der Waals surface area contributed by atoms with Gasteiger partial charge in [-0.15, -0.1) is 0 Å². The van der Waals surface area contributed by atoms with E-state index in [1.165, 1.54) is 5.56 Å². The molecule has 10 heteroatoms. The van der Waals surface area contributed by atoms with Crippen LogP contribution >= 0.6 is 0 Å². The first-order chi connectivity index (χ1) is 18.4. The lowest BCUT2D eigenvalue weighted by atomic mass is 9.91. The second-order valence-corrected chi connectivity index (χ2v) is 10.1. The number of aromatic nitrogens is 8. The van der Waals surface area contributed by atoms with Gasteiger partial charge in [-0.25, -0.2) is 9.97 Å². The standard InChI is InChI=1S/C28H32N10/c1-35(2)12-13-38-11-10-25(34-38)31-28-29-16-21-8-9-23-26(27(21)32-28)24(37(4)33-23)15-19-6-5-7-20(14-19)22-17-30-36(3)18-22/h5-7,10-11,14,16-18H,8-9,12-13,15H2,1-4H3,(H,29,31,32,34). The first-order valence-corrected chi connectivity index (χ1v) is 12.9. The average Bonchev–Trinajstić information content (AvgIpc) is 3.62. The Kier molecular flexibility index (Phi) is 6.24. The van der Waals surface area contributed by atoms with Crippen LogP contribution in [0, 0.1) is 0 Å². The van der Waals surface area contributed by atoms with E-state index in [2.05, 4.69) is 63.8 Å². The molecule has 0 aliphatic heterocycles. The highest BCUT2D eigenvalue weighted by Crippen LogP contribution is 2.36. The number of likely N-dealkylation sites (N-methyl/N-ethyl adjacent to an activating group) is 1. The van der Waals surface area contributed by atoms with Crippen molar-refractivity contribution < 1.29 is 0 Å². The van der Waals surface area contributed by atoms with Crippen molar-refractivity contribution in [3.05, 3.63) is 77.6 Å². The lowest BCUT2D eigenvalue weighted by molar-refractivity contribution is 0.373. The molecule has 1 aromatic carbocycles. The minimum Gasteiger partial charge on any atom is -0.308 e. The first kappa shape index (κ1) is 24.1. The maximum Gasteiger partial charge on any atom is 0.228 e. The van der Waals surface area contributed by atoms with Crippen LogP contribution in [-0.4, -0.2) is 64.8 Å². The number of nitrogens with zero attached hydrogens (tertiary/aromatic N) is 9. The van der Waals surface area contributed by atoms with Gasteiger partial charge in [0.25, 0.3) is 0 Å². The minimum atomic E-state index is 0.544. The van der Waals surface area contributed by atoms with Crippen molar-refractivity contribution in [1.29, 1.82) is 0 Å². The van der Waals surface area contributed by atoms with Crippen LogP contribution < -0.4 is 5.32 Å². The van der Waals surface area contributed by atoms with Gasteiger partial charge in [0, 0.05) is 62.8 Å². The van der Waals surface area contributed by atoms with Crippen LogP contribution in [0.5, 0.6) is 0 Å². The Morgan fingerprint density at radius 1 is 1.03 bits per heavy atom. The summed E-state index contributed by atoms with van der Waals surface area (Å²) in [7, 11) is 8.08. The van der Waals surface area contributed by atoms with E-state index in [0.717, 1.165) is 77.5 Å². The number of rotatable bonds is 8. The van der Waals surface area contributed by atoms with Crippen LogP contribution in [0.25, 0.3) is 22.4 Å². The number of fused-ring (bicyclic) bond motifs is 3. The molecular formula is C28H32N10. The molecule has 0 atom stereocenters. The molecule has 1 aliphatic carbocycles. The molecule has 4 aromatic heterocycles. The van der Waals surface area contributed by atoms with Gasteiger partial charge in [-0.3, -0.25) is 14.0 Å². The molecule has 6 rings (SSSR count). The molecule has 0 amide bonds. The molecule has 10 nitrogen and oxygen atoms in total. The Labute approximate surface area is 222 Å². The van der Waals surface area contributed by atoms with E-state index in [1.54, 1.807) is 0 Å². The number of hydrogen-bond donors (Lipinski definition) is 1. The average molecular weight is 509 g/mol. The molecule has 38 heavy (non-hydrogen) atoms. The van der Waals surface area contributed by atoms with Gasteiger partial charge in [-0.2, -0.15) is 15.3 Å². The Bertz CT molecular complexity index is 1590. The molecular weight excluding hydrogens is 476 g/mol. The third-order valence-corrected chi connectivity index (χ3v) is 6.96. The number of nitrogens with one attached hydrogen (secondary N) is 1. The fourth-order valence-corrected chi connectivity index (χ4v) is 4.98. The smallest absolute Gasteiger partial charge is 0.228 e. The Morgan fingerprint density at radius 3 is 2.74 bits per heavy atom. The van der Waals surface area contributed by atoms with E-state index in [9.17, 15) is 0 Å². The third kappa shape index (κ3) is 4.82. The van der Waals surface area contributed by atoms with Gasteiger partial charge in [-0.05, 0) is 43.6 Å². The van der Waals surface area contributed by atoms with Crippen molar-refractivity contribution in [2.75, 3.05) is 26.0 Å². The molecule has 0 spiro atoms. The SMILES string of the molecule is CN(C)CCn1ccc(Nc2ncc3c(n2)-c2c(nn(C)c2Cc2cccc(-c4cnn(C)c4)c2)CC3)n1. The van der Waals surface area contributed by atoms with Gasteiger partial charge in [0.2, 0.25) is 5.95 Å². The summed E-state index contributed by atoms with van der Waals surface area (Å²) in [6.45, 7) is 1.75. The van der Waals surface area contributed by atoms with Crippen molar-refractivity contribution in [3.63, 3.8) is 0 Å². The highest BCUT2D eigenvalue weighted by Gasteiger charge is 2.26. The molecule has 1 N–H and O–H groups in total. The quantitative estimate of drug-likeness (QED) is 0.343. The summed E-state index contributed by atoms with van der Waals surface area (Å²) in [6, 6.07) is 10.6. The van der Waals surface area contributed by atoms with Gasteiger partial charge in [-0.1, -0.05) is 24.3 Å². The first-order valence-electron chi connectivity index (χ1n) is 12.9. The van der Waals surface area contributed by atoms with Crippen LogP contribution in [0.1, 0.15) is 22.5 Å². The predicted octanol–water partition coefficient (Wildman–Crippen LogP) is 3.47. The Hall–Kier alpha value is -4.31. The predicted molar refractivity (Wildman–Crippen MR) is 147 cm³/mol. The molecule has 1 aliphatic rings. The molecule has 0 saturated heterocycles. The van der Waals surface area contributed by atoms with E-state index in [1.807, 2.05) is 59.0 Å². The fraction of sp³-hybridized carbons (Fsp3) is 0.321. The molecule has 4 heterocycles. The van der Waals surface area contributed by atoms with Crippen LogP contribution in [0.3, 0.4) is 0 Å². The van der Waals surface area contributed by atoms with E-state index in [0.29, 0.717) is 5.95 Å². The van der Waals surface area contributed by atoms with E-state index >= 15 is 0 Å². The summed E-state index contributed by atoms with van der Waals surface area (Å²) in [5, 5.41) is 17.1. The Balaban J connectivity index is 1.29. The second-order valence-electron chi connectivity index (χ2n) is 10.1. The number of benzene rings is 1. The van der Waals surface area contributed by atoms with Crippen molar-refractivity contribution in [2.45, 2.75) is 25.8 Å². The van der Waals surface area contributed by atoms with Crippen LogP contribution in [0.2, 0.25) is 0 Å². The summed E-state index contributed by atoms with van der Waals surface area (Å²) < 4.78 is 5.77. The van der Waals surface area contributed by atoms with Crippen molar-refractivity contribution in [2.24, 2.45) is 14.1 Å². The molecule has 0 saturated carbocycles. The normalized spacial score (nSPS) is 12.6. The molecule has 0 fully saturated rings. The highest BCUT2D eigenvalue weighted by molar-refractivity contribution is 5.72. The minimum absolute atomic E-state index is 0.544. The summed E-state index contributed by atoms with van der Waals surface area (Å²) in [5.74, 6) is 1.28. The van der Waals surface area contributed by atoms with E-state index in [-0.39, 0.29) is 0 Å². The summed E-state index contributed by atoms with van der Waals surface area (Å²) in [6.07, 6.45) is 10.4. The molecule has 0 radical (unpaired) electrons. The zero-order valence-electron chi connectivity index (χ0n) is 22.3. The van der Waals surface area contributed by atoms with E-state index < -0.39 is 0 Å². The number of hydrogen-bond acceptors (Lipinski definition) is 7. The summed E-state index contributed by atoms with van der Waals surface area (Å²) in [4.78, 5) is 11.7. The molecule has 194 valence electrons. The zero-order chi connectivity index (χ0) is 26.2. The van der Waals surface area contributed by atoms with Crippen molar-refractivity contribution >= 4 is 11.8 Å². The maximum atomic E-state index is 4.97. The lowest BCUT2D eigenvalue weighted by Crippen LogP contribution is -2.18. The highest BCUT2D eigenvalue weighted by atomic mass is 15.3. The monoisotopic (exact) mass is 508 g/mol. The van der Waals surface area contributed by atoms with Gasteiger partial charge in [0.1, 0.15) is 0 Å². The van der Waals surface area contributed by atoms with E-state index in [4.69, 9.17) is 10.1 Å². The van der Waals surface area contributed by atoms with Crippen molar-refractivity contribution in [1.82, 2.24) is 44.2 Å². The van der Waals surface area contributed by atoms with Crippen LogP contribution in [-0.2, 0) is 39.9 Å². The fourth-order valence-electron chi connectivity index (χ4n) is 4.98. The Morgan fingerprint density at radius 2 is 1.92 bits per heavy atom. The summed E-state index contributed by atoms with van der Waals surface area (Å²) in [5.41, 5.74) is 8.98. The lowest BCUT2D eigenvalue weighted by Gasteiger charge is -2.17. The number of aryl methyl sites for hydroxylation is 4. The zero-order valence-corrected chi connectivity index (χ0v) is 22.3. The topological polar surface area (TPSA) is 94.5 Å². The maximum absolute atomic E-state index is 4.97. The van der Waals surface area contributed by atoms with Gasteiger partial charge < -0.3 is 10.2 Å². The van der Waals surface area contributed by atoms with Crippen molar-refractivity contribution in [3.8, 4) is 22.4 Å². The number of anilines is 2.